The summed E-state index contributed by atoms with van der Waals surface area (Å²) in [5.74, 6) is 2.38. The van der Waals surface area contributed by atoms with E-state index < -0.39 is 0 Å². The van der Waals surface area contributed by atoms with Crippen molar-refractivity contribution in [3.63, 3.8) is 0 Å². The Morgan fingerprint density at radius 1 is 1.13 bits per heavy atom. The topological polar surface area (TPSA) is 58.1 Å². The van der Waals surface area contributed by atoms with Gasteiger partial charge < -0.3 is 25.0 Å². The summed E-state index contributed by atoms with van der Waals surface area (Å²) in [5, 5.41) is 6.87. The van der Waals surface area contributed by atoms with Crippen molar-refractivity contribution in [3.8, 4) is 5.75 Å². The molecule has 0 spiro atoms. The zero-order chi connectivity index (χ0) is 21.9. The zero-order valence-corrected chi connectivity index (χ0v) is 19.0. The number of hydrogen-bond donors (Lipinski definition) is 2. The highest BCUT2D eigenvalue weighted by molar-refractivity contribution is 5.79. The predicted octanol–water partition coefficient (Wildman–Crippen LogP) is 3.85. The van der Waals surface area contributed by atoms with Gasteiger partial charge in [-0.05, 0) is 43.4 Å². The Labute approximate surface area is 186 Å². The van der Waals surface area contributed by atoms with Gasteiger partial charge in [-0.3, -0.25) is 4.99 Å². The van der Waals surface area contributed by atoms with E-state index in [1.165, 1.54) is 11.3 Å². The van der Waals surface area contributed by atoms with E-state index >= 15 is 0 Å². The smallest absolute Gasteiger partial charge is 0.190 e. The molecule has 1 saturated heterocycles. The Hall–Kier alpha value is -2.73. The highest BCUT2D eigenvalue weighted by Gasteiger charge is 2.24. The van der Waals surface area contributed by atoms with Gasteiger partial charge in [-0.15, -0.1) is 0 Å². The molecule has 3 rings (SSSR count). The molecule has 2 N–H and O–H groups in total. The maximum atomic E-state index is 5.94. The van der Waals surface area contributed by atoms with E-state index in [1.54, 1.807) is 7.11 Å². The third-order valence-electron chi connectivity index (χ3n) is 5.74. The van der Waals surface area contributed by atoms with E-state index in [0.717, 1.165) is 57.3 Å². The summed E-state index contributed by atoms with van der Waals surface area (Å²) in [7, 11) is 3.55. The number of aliphatic imine (C=N–C) groups is 1. The van der Waals surface area contributed by atoms with Crippen molar-refractivity contribution >= 4 is 11.6 Å². The minimum atomic E-state index is 0.118. The molecule has 0 aliphatic carbocycles. The van der Waals surface area contributed by atoms with Crippen LogP contribution in [-0.4, -0.2) is 52.9 Å². The van der Waals surface area contributed by atoms with Crippen molar-refractivity contribution in [3.05, 3.63) is 60.2 Å². The minimum absolute atomic E-state index is 0.118. The van der Waals surface area contributed by atoms with Crippen molar-refractivity contribution in [2.75, 3.05) is 51.8 Å². The molecular weight excluding hydrogens is 388 g/mol. The van der Waals surface area contributed by atoms with Crippen molar-refractivity contribution in [2.24, 2.45) is 10.9 Å². The van der Waals surface area contributed by atoms with Gasteiger partial charge in [0.2, 0.25) is 0 Å². The molecule has 1 aliphatic heterocycles. The first-order valence-corrected chi connectivity index (χ1v) is 11.2. The molecule has 0 aromatic heterocycles. The first kappa shape index (κ1) is 22.9. The molecule has 0 radical (unpaired) electrons. The first-order chi connectivity index (χ1) is 15.2. The minimum Gasteiger partial charge on any atom is -0.495 e. The van der Waals surface area contributed by atoms with Crippen molar-refractivity contribution in [1.82, 2.24) is 10.6 Å². The standard InChI is InChI=1S/C25H36N4O2/c1-20(22-10-5-4-6-11-22)31-17-9-15-27-25(26-2)28-18-21-14-16-29(19-21)23-12-7-8-13-24(23)30-3/h4-8,10-13,20-21H,9,14-19H2,1-3H3,(H2,26,27,28). The molecule has 6 nitrogen and oxygen atoms in total. The zero-order valence-electron chi connectivity index (χ0n) is 19.0. The van der Waals surface area contributed by atoms with E-state index in [-0.39, 0.29) is 6.10 Å². The third kappa shape index (κ3) is 6.89. The van der Waals surface area contributed by atoms with Crippen molar-refractivity contribution in [1.29, 1.82) is 0 Å². The van der Waals surface area contributed by atoms with E-state index in [0.29, 0.717) is 5.92 Å². The molecular formula is C25H36N4O2. The van der Waals surface area contributed by atoms with Gasteiger partial charge in [0.1, 0.15) is 5.75 Å². The van der Waals surface area contributed by atoms with Crippen LogP contribution >= 0.6 is 0 Å². The number of methoxy groups -OCH3 is 1. The van der Waals surface area contributed by atoms with Gasteiger partial charge in [0.25, 0.3) is 0 Å². The molecule has 31 heavy (non-hydrogen) atoms. The Bertz CT molecular complexity index is 812. The van der Waals surface area contributed by atoms with Gasteiger partial charge in [-0.1, -0.05) is 42.5 Å². The van der Waals surface area contributed by atoms with Crippen LogP contribution in [0.3, 0.4) is 0 Å². The summed E-state index contributed by atoms with van der Waals surface area (Å²) >= 11 is 0. The summed E-state index contributed by atoms with van der Waals surface area (Å²) in [6, 6.07) is 18.6. The molecule has 2 aromatic rings. The normalized spacial score (nSPS) is 17.5. The predicted molar refractivity (Wildman–Crippen MR) is 128 cm³/mol. The van der Waals surface area contributed by atoms with E-state index in [1.807, 2.05) is 37.4 Å². The molecule has 0 bridgehead atoms. The molecule has 0 amide bonds. The first-order valence-electron chi connectivity index (χ1n) is 11.2. The van der Waals surface area contributed by atoms with Crippen LogP contribution in [0.1, 0.15) is 31.4 Å². The second-order valence-corrected chi connectivity index (χ2v) is 7.93. The lowest BCUT2D eigenvalue weighted by atomic mass is 10.1. The van der Waals surface area contributed by atoms with Crippen LogP contribution in [0, 0.1) is 5.92 Å². The maximum Gasteiger partial charge on any atom is 0.190 e. The number of anilines is 1. The number of benzene rings is 2. The van der Waals surface area contributed by atoms with E-state index in [4.69, 9.17) is 9.47 Å². The summed E-state index contributed by atoms with van der Waals surface area (Å²) < 4.78 is 11.5. The van der Waals surface area contributed by atoms with Gasteiger partial charge in [-0.25, -0.2) is 0 Å². The fraction of sp³-hybridized carbons (Fsp3) is 0.480. The molecule has 2 atom stereocenters. The second-order valence-electron chi connectivity index (χ2n) is 7.93. The highest BCUT2D eigenvalue weighted by Crippen LogP contribution is 2.31. The number of hydrogen-bond acceptors (Lipinski definition) is 4. The number of guanidine groups is 1. The third-order valence-corrected chi connectivity index (χ3v) is 5.74. The fourth-order valence-electron chi connectivity index (χ4n) is 3.93. The number of nitrogens with zero attached hydrogens (tertiary/aromatic N) is 2. The average Bonchev–Trinajstić information content (AvgIpc) is 3.30. The van der Waals surface area contributed by atoms with Crippen LogP contribution in [0.5, 0.6) is 5.75 Å². The van der Waals surface area contributed by atoms with Crippen molar-refractivity contribution in [2.45, 2.75) is 25.9 Å². The van der Waals surface area contributed by atoms with Gasteiger partial charge in [0, 0.05) is 39.8 Å². The number of rotatable bonds is 10. The second kappa shape index (κ2) is 12.2. The van der Waals surface area contributed by atoms with Crippen LogP contribution in [0.4, 0.5) is 5.69 Å². The Morgan fingerprint density at radius 2 is 1.90 bits per heavy atom. The van der Waals surface area contributed by atoms with Crippen LogP contribution in [0.2, 0.25) is 0 Å². The molecule has 1 fully saturated rings. The fourth-order valence-corrected chi connectivity index (χ4v) is 3.93. The lowest BCUT2D eigenvalue weighted by Crippen LogP contribution is -2.40. The van der Waals surface area contributed by atoms with Gasteiger partial charge >= 0.3 is 0 Å². The molecule has 0 saturated carbocycles. The van der Waals surface area contributed by atoms with Gasteiger partial charge in [0.05, 0.1) is 18.9 Å². The summed E-state index contributed by atoms with van der Waals surface area (Å²) in [6.07, 6.45) is 2.21. The van der Waals surface area contributed by atoms with Crippen LogP contribution in [-0.2, 0) is 4.74 Å². The lowest BCUT2D eigenvalue weighted by Gasteiger charge is -2.21. The van der Waals surface area contributed by atoms with Crippen LogP contribution in [0.25, 0.3) is 0 Å². The Balaban J connectivity index is 1.33. The quantitative estimate of drug-likeness (QED) is 0.345. The monoisotopic (exact) mass is 424 g/mol. The van der Waals surface area contributed by atoms with Gasteiger partial charge in [0.15, 0.2) is 5.96 Å². The molecule has 2 unspecified atom stereocenters. The van der Waals surface area contributed by atoms with Gasteiger partial charge in [-0.2, -0.15) is 0 Å². The highest BCUT2D eigenvalue weighted by atomic mass is 16.5. The van der Waals surface area contributed by atoms with Crippen LogP contribution in [0.15, 0.2) is 59.6 Å². The number of ether oxygens (including phenoxy) is 2. The average molecular weight is 425 g/mol. The number of nitrogens with one attached hydrogen (secondary N) is 2. The lowest BCUT2D eigenvalue weighted by molar-refractivity contribution is 0.0646. The summed E-state index contributed by atoms with van der Waals surface area (Å²) in [4.78, 5) is 6.76. The van der Waals surface area contributed by atoms with Crippen LogP contribution < -0.4 is 20.3 Å². The number of para-hydroxylation sites is 2. The molecule has 6 heteroatoms. The molecule has 168 valence electrons. The van der Waals surface area contributed by atoms with E-state index in [2.05, 4.69) is 51.7 Å². The molecule has 1 aliphatic rings. The van der Waals surface area contributed by atoms with Crippen molar-refractivity contribution < 1.29 is 9.47 Å². The SMILES string of the molecule is CN=C(NCCCOC(C)c1ccccc1)NCC1CCN(c2ccccc2OC)C1. The van der Waals surface area contributed by atoms with E-state index in [9.17, 15) is 0 Å². The molecule has 1 heterocycles. The largest absolute Gasteiger partial charge is 0.495 e. The Morgan fingerprint density at radius 3 is 2.68 bits per heavy atom. The summed E-state index contributed by atoms with van der Waals surface area (Å²) in [5.41, 5.74) is 2.39. The summed E-state index contributed by atoms with van der Waals surface area (Å²) in [6.45, 7) is 6.63. The Kier molecular flexibility index (Phi) is 9.03. The maximum absolute atomic E-state index is 5.94. The molecule has 2 aromatic carbocycles.